The Labute approximate surface area is 141 Å². The monoisotopic (exact) mass is 382 g/mol. The molecule has 1 heterocycles. The van der Waals surface area contributed by atoms with Crippen LogP contribution in [0.25, 0.3) is 0 Å². The number of fused-ring (bicyclic) bond motifs is 1. The molecule has 0 fully saturated rings. The quantitative estimate of drug-likeness (QED) is 0.577. The van der Waals surface area contributed by atoms with E-state index in [2.05, 4.69) is 15.9 Å². The number of carbonyl (C=O) groups excluding carboxylic acids is 1. The summed E-state index contributed by atoms with van der Waals surface area (Å²) in [4.78, 5) is 12.3. The first-order valence-electron chi connectivity index (χ1n) is 6.60. The smallest absolute Gasteiger partial charge is 0.356 e. The molecule has 2 aromatic rings. The molecular formula is C16H12BrClO4. The Balaban J connectivity index is 1.77. The lowest BCUT2D eigenvalue weighted by atomic mass is 10.2. The van der Waals surface area contributed by atoms with Gasteiger partial charge in [0.1, 0.15) is 6.61 Å². The first-order chi connectivity index (χ1) is 10.5. The van der Waals surface area contributed by atoms with Gasteiger partial charge in [0.15, 0.2) is 17.2 Å². The van der Waals surface area contributed by atoms with E-state index >= 15 is 0 Å². The minimum Gasteiger partial charge on any atom is -0.485 e. The number of hydrogen-bond donors (Lipinski definition) is 0. The fourth-order valence-electron chi connectivity index (χ4n) is 2.12. The molecule has 0 radical (unpaired) electrons. The molecule has 0 saturated carbocycles. The first-order valence-corrected chi connectivity index (χ1v) is 7.77. The van der Waals surface area contributed by atoms with Gasteiger partial charge in [-0.1, -0.05) is 39.7 Å². The van der Waals surface area contributed by atoms with E-state index in [-0.39, 0.29) is 6.61 Å². The zero-order valence-electron chi connectivity index (χ0n) is 11.6. The summed E-state index contributed by atoms with van der Waals surface area (Å²) in [6.45, 7) is 1.91. The van der Waals surface area contributed by atoms with Crippen molar-refractivity contribution in [2.24, 2.45) is 0 Å². The third kappa shape index (κ3) is 3.05. The van der Waals surface area contributed by atoms with Crippen LogP contribution >= 0.6 is 27.5 Å². The maximum Gasteiger partial charge on any atom is 0.356 e. The molecule has 1 aliphatic rings. The van der Waals surface area contributed by atoms with Crippen molar-refractivity contribution < 1.29 is 19.0 Å². The lowest BCUT2D eigenvalue weighted by Crippen LogP contribution is -2.39. The molecule has 0 saturated heterocycles. The topological polar surface area (TPSA) is 44.8 Å². The predicted molar refractivity (Wildman–Crippen MR) is 85.9 cm³/mol. The number of rotatable bonds is 2. The van der Waals surface area contributed by atoms with Gasteiger partial charge < -0.3 is 14.2 Å². The van der Waals surface area contributed by atoms with Crippen LogP contribution in [0.15, 0.2) is 40.9 Å². The molecule has 114 valence electrons. The van der Waals surface area contributed by atoms with Crippen LogP contribution in [-0.2, 0) is 4.79 Å². The van der Waals surface area contributed by atoms with Crippen molar-refractivity contribution in [1.29, 1.82) is 0 Å². The molecule has 0 N–H and O–H groups in total. The molecule has 0 aromatic heterocycles. The molecule has 6 heteroatoms. The average molecular weight is 384 g/mol. The van der Waals surface area contributed by atoms with Crippen LogP contribution in [-0.4, -0.2) is 18.7 Å². The molecular weight excluding hydrogens is 372 g/mol. The second-order valence-electron chi connectivity index (χ2n) is 4.82. The van der Waals surface area contributed by atoms with E-state index in [9.17, 15) is 4.79 Å². The summed E-state index contributed by atoms with van der Waals surface area (Å²) >= 11 is 9.46. The minimum atomic E-state index is -0.825. The van der Waals surface area contributed by atoms with Crippen molar-refractivity contribution in [3.8, 4) is 17.2 Å². The first kappa shape index (κ1) is 15.2. The van der Waals surface area contributed by atoms with Gasteiger partial charge in [0, 0.05) is 4.47 Å². The number of carbonyl (C=O) groups is 1. The molecule has 0 aliphatic carbocycles. The van der Waals surface area contributed by atoms with Gasteiger partial charge >= 0.3 is 5.97 Å². The highest BCUT2D eigenvalue weighted by atomic mass is 79.9. The third-order valence-corrected chi connectivity index (χ3v) is 3.91. The van der Waals surface area contributed by atoms with Crippen molar-refractivity contribution >= 4 is 33.5 Å². The highest BCUT2D eigenvalue weighted by molar-refractivity contribution is 9.10. The van der Waals surface area contributed by atoms with E-state index in [4.69, 9.17) is 25.8 Å². The Hall–Kier alpha value is -1.72. The maximum absolute atomic E-state index is 12.3. The van der Waals surface area contributed by atoms with Crippen LogP contribution in [0.1, 0.15) is 5.56 Å². The zero-order valence-corrected chi connectivity index (χ0v) is 14.0. The lowest BCUT2D eigenvalue weighted by molar-refractivity contribution is -0.144. The van der Waals surface area contributed by atoms with Crippen molar-refractivity contribution in [2.45, 2.75) is 13.0 Å². The van der Waals surface area contributed by atoms with E-state index in [1.165, 1.54) is 0 Å². The number of aryl methyl sites for hydroxylation is 1. The number of benzene rings is 2. The van der Waals surface area contributed by atoms with Crippen LogP contribution < -0.4 is 14.2 Å². The van der Waals surface area contributed by atoms with Crippen molar-refractivity contribution in [3.63, 3.8) is 0 Å². The van der Waals surface area contributed by atoms with Crippen LogP contribution in [0.2, 0.25) is 5.02 Å². The Morgan fingerprint density at radius 1 is 1.32 bits per heavy atom. The number of ether oxygens (including phenoxy) is 3. The zero-order chi connectivity index (χ0) is 15.7. The molecule has 3 rings (SSSR count). The predicted octanol–water partition coefficient (Wildman–Crippen LogP) is 4.16. The van der Waals surface area contributed by atoms with Crippen molar-refractivity contribution in [1.82, 2.24) is 0 Å². The van der Waals surface area contributed by atoms with Gasteiger partial charge in [-0.25, -0.2) is 4.79 Å². The van der Waals surface area contributed by atoms with Crippen LogP contribution in [0.3, 0.4) is 0 Å². The van der Waals surface area contributed by atoms with Gasteiger partial charge in [-0.3, -0.25) is 0 Å². The Kier molecular flexibility index (Phi) is 4.27. The molecule has 0 bridgehead atoms. The van der Waals surface area contributed by atoms with Gasteiger partial charge in [-0.2, -0.15) is 0 Å². The van der Waals surface area contributed by atoms with Gasteiger partial charge in [0.05, 0.1) is 5.02 Å². The van der Waals surface area contributed by atoms with Crippen molar-refractivity contribution in [2.75, 3.05) is 6.61 Å². The minimum absolute atomic E-state index is 0.100. The van der Waals surface area contributed by atoms with E-state index in [1.54, 1.807) is 18.2 Å². The summed E-state index contributed by atoms with van der Waals surface area (Å²) in [7, 11) is 0. The third-order valence-electron chi connectivity index (χ3n) is 3.17. The highest BCUT2D eigenvalue weighted by Gasteiger charge is 2.29. The second-order valence-corrected chi connectivity index (χ2v) is 6.14. The van der Waals surface area contributed by atoms with E-state index < -0.39 is 12.1 Å². The van der Waals surface area contributed by atoms with Gasteiger partial charge in [0.2, 0.25) is 6.10 Å². The number of esters is 1. The van der Waals surface area contributed by atoms with E-state index in [0.29, 0.717) is 22.3 Å². The summed E-state index contributed by atoms with van der Waals surface area (Å²) in [6, 6.07) is 10.7. The second kappa shape index (κ2) is 6.18. The number of halogens is 2. The van der Waals surface area contributed by atoms with Gasteiger partial charge in [0.25, 0.3) is 0 Å². The SMILES string of the molecule is Cc1cc(Br)cc(Cl)c1OC(=O)[C@@H]1COc2ccccc2O1. The molecule has 22 heavy (non-hydrogen) atoms. The van der Waals surface area contributed by atoms with Crippen LogP contribution in [0, 0.1) is 6.92 Å². The number of hydrogen-bond acceptors (Lipinski definition) is 4. The highest BCUT2D eigenvalue weighted by Crippen LogP contribution is 2.34. The summed E-state index contributed by atoms with van der Waals surface area (Å²) in [5, 5.41) is 0.359. The maximum atomic E-state index is 12.3. The Morgan fingerprint density at radius 2 is 2.05 bits per heavy atom. The molecule has 1 atom stereocenters. The molecule has 0 spiro atoms. The van der Waals surface area contributed by atoms with Crippen LogP contribution in [0.4, 0.5) is 0 Å². The molecule has 1 aliphatic heterocycles. The Morgan fingerprint density at radius 3 is 2.77 bits per heavy atom. The summed E-state index contributed by atoms with van der Waals surface area (Å²) in [5.41, 5.74) is 0.754. The van der Waals surface area contributed by atoms with Crippen LogP contribution in [0.5, 0.6) is 17.2 Å². The van der Waals surface area contributed by atoms with E-state index in [1.807, 2.05) is 25.1 Å². The molecule has 0 unspecified atom stereocenters. The number of para-hydroxylation sites is 2. The molecule has 4 nitrogen and oxygen atoms in total. The molecule has 0 amide bonds. The van der Waals surface area contributed by atoms with Crippen molar-refractivity contribution in [3.05, 3.63) is 51.5 Å². The Bertz CT molecular complexity index is 709. The van der Waals surface area contributed by atoms with Gasteiger partial charge in [-0.05, 0) is 36.8 Å². The summed E-state index contributed by atoms with van der Waals surface area (Å²) < 4.78 is 17.3. The molecule has 2 aromatic carbocycles. The summed E-state index contributed by atoms with van der Waals surface area (Å²) in [5.74, 6) is 0.929. The fourth-order valence-corrected chi connectivity index (χ4v) is 3.13. The average Bonchev–Trinajstić information content (AvgIpc) is 2.50. The normalized spacial score (nSPS) is 16.2. The van der Waals surface area contributed by atoms with Gasteiger partial charge in [-0.15, -0.1) is 0 Å². The standard InChI is InChI=1S/C16H12BrClO4/c1-9-6-10(17)7-11(18)15(9)22-16(19)14-8-20-12-4-2-3-5-13(12)21-14/h2-7,14H,8H2,1H3/t14-/m0/s1. The van der Waals surface area contributed by atoms with E-state index in [0.717, 1.165) is 10.0 Å². The lowest BCUT2D eigenvalue weighted by Gasteiger charge is -2.25. The fraction of sp³-hybridized carbons (Fsp3) is 0.188. The largest absolute Gasteiger partial charge is 0.485 e. The summed E-state index contributed by atoms with van der Waals surface area (Å²) in [6.07, 6.45) is -0.825.